The van der Waals surface area contributed by atoms with Gasteiger partial charge in [-0.05, 0) is 17.7 Å². The Bertz CT molecular complexity index is 529. The van der Waals surface area contributed by atoms with Crippen molar-refractivity contribution < 1.29 is 4.79 Å². The Morgan fingerprint density at radius 2 is 1.73 bits per heavy atom. The van der Waals surface area contributed by atoms with Gasteiger partial charge in [-0.25, -0.2) is 0 Å². The highest BCUT2D eigenvalue weighted by atomic mass is 16.1. The van der Waals surface area contributed by atoms with Crippen molar-refractivity contribution in [2.75, 3.05) is 0 Å². The molecular formula is C12H9NO2. The summed E-state index contributed by atoms with van der Waals surface area (Å²) in [7, 11) is 0. The second kappa shape index (κ2) is 3.92. The Morgan fingerprint density at radius 3 is 2.33 bits per heavy atom. The predicted octanol–water partition coefficient (Wildman–Crippen LogP) is 1.85. The number of benzene rings is 1. The minimum atomic E-state index is -0.355. The molecule has 0 saturated carbocycles. The lowest BCUT2D eigenvalue weighted by molar-refractivity contribution is 0.112. The average Bonchev–Trinajstić information content (AvgIpc) is 2.30. The Morgan fingerprint density at radius 1 is 1.00 bits per heavy atom. The van der Waals surface area contributed by atoms with E-state index >= 15 is 0 Å². The van der Waals surface area contributed by atoms with Crippen LogP contribution >= 0.6 is 0 Å². The molecule has 0 unspecified atom stereocenters. The van der Waals surface area contributed by atoms with Crippen LogP contribution in [0.1, 0.15) is 10.4 Å². The Labute approximate surface area is 86.4 Å². The molecule has 0 amide bonds. The van der Waals surface area contributed by atoms with Crippen LogP contribution in [0.4, 0.5) is 0 Å². The summed E-state index contributed by atoms with van der Waals surface area (Å²) in [6.45, 7) is 0. The smallest absolute Gasteiger partial charge is 0.258 e. The first-order chi connectivity index (χ1) is 7.31. The van der Waals surface area contributed by atoms with Gasteiger partial charge in [0, 0.05) is 5.69 Å². The molecule has 0 fully saturated rings. The van der Waals surface area contributed by atoms with Crippen molar-refractivity contribution in [1.82, 2.24) is 4.98 Å². The molecule has 0 atom stereocenters. The first-order valence-corrected chi connectivity index (χ1v) is 4.55. The van der Waals surface area contributed by atoms with Gasteiger partial charge >= 0.3 is 0 Å². The van der Waals surface area contributed by atoms with E-state index in [1.807, 2.05) is 30.3 Å². The molecule has 3 nitrogen and oxygen atoms in total. The lowest BCUT2D eigenvalue weighted by Gasteiger charge is -2.00. The van der Waals surface area contributed by atoms with Crippen molar-refractivity contribution in [3.63, 3.8) is 0 Å². The Balaban J connectivity index is 2.52. The first kappa shape index (κ1) is 9.40. The Hall–Kier alpha value is -2.16. The molecule has 1 heterocycles. The number of H-pyrrole nitrogens is 1. The summed E-state index contributed by atoms with van der Waals surface area (Å²) in [4.78, 5) is 24.5. The second-order valence-electron chi connectivity index (χ2n) is 3.14. The highest BCUT2D eigenvalue weighted by Gasteiger charge is 2.00. The van der Waals surface area contributed by atoms with Gasteiger partial charge < -0.3 is 4.98 Å². The van der Waals surface area contributed by atoms with Gasteiger partial charge in [-0.2, -0.15) is 0 Å². The van der Waals surface area contributed by atoms with Gasteiger partial charge in [0.2, 0.25) is 0 Å². The second-order valence-corrected chi connectivity index (χ2v) is 3.14. The number of hydrogen-bond acceptors (Lipinski definition) is 2. The zero-order valence-electron chi connectivity index (χ0n) is 7.94. The number of aldehydes is 1. The van der Waals surface area contributed by atoms with Crippen LogP contribution in [0, 0.1) is 0 Å². The monoisotopic (exact) mass is 199 g/mol. The van der Waals surface area contributed by atoms with Crippen molar-refractivity contribution >= 4 is 6.29 Å². The molecule has 74 valence electrons. The predicted molar refractivity (Wildman–Crippen MR) is 57.9 cm³/mol. The van der Waals surface area contributed by atoms with Gasteiger partial charge in [0.15, 0.2) is 6.29 Å². The zero-order valence-corrected chi connectivity index (χ0v) is 7.94. The van der Waals surface area contributed by atoms with Gasteiger partial charge in [0.05, 0.1) is 5.56 Å². The van der Waals surface area contributed by atoms with Crippen LogP contribution in [-0.2, 0) is 0 Å². The van der Waals surface area contributed by atoms with E-state index in [1.54, 1.807) is 6.07 Å². The SMILES string of the molecule is O=Cc1ccc(-c2ccccc2)[nH]c1=O. The van der Waals surface area contributed by atoms with E-state index in [9.17, 15) is 9.59 Å². The molecule has 0 bridgehead atoms. The summed E-state index contributed by atoms with van der Waals surface area (Å²) < 4.78 is 0. The fraction of sp³-hybridized carbons (Fsp3) is 0. The van der Waals surface area contributed by atoms with Crippen LogP contribution in [0.5, 0.6) is 0 Å². The molecule has 0 radical (unpaired) electrons. The van der Waals surface area contributed by atoms with Crippen molar-refractivity contribution in [3.05, 3.63) is 58.4 Å². The number of nitrogens with one attached hydrogen (secondary N) is 1. The van der Waals surface area contributed by atoms with Gasteiger partial charge in [0.25, 0.3) is 5.56 Å². The maximum atomic E-state index is 11.4. The normalized spacial score (nSPS) is 9.87. The first-order valence-electron chi connectivity index (χ1n) is 4.55. The van der Waals surface area contributed by atoms with E-state index in [0.717, 1.165) is 5.56 Å². The van der Waals surface area contributed by atoms with Gasteiger partial charge in [-0.3, -0.25) is 9.59 Å². The summed E-state index contributed by atoms with van der Waals surface area (Å²) in [6, 6.07) is 12.7. The molecule has 0 saturated heterocycles. The van der Waals surface area contributed by atoms with E-state index in [1.165, 1.54) is 6.07 Å². The summed E-state index contributed by atoms with van der Waals surface area (Å²) >= 11 is 0. The number of aromatic amines is 1. The van der Waals surface area contributed by atoms with Gasteiger partial charge in [-0.1, -0.05) is 30.3 Å². The van der Waals surface area contributed by atoms with Crippen LogP contribution in [-0.4, -0.2) is 11.3 Å². The highest BCUT2D eigenvalue weighted by Crippen LogP contribution is 2.13. The van der Waals surface area contributed by atoms with Crippen molar-refractivity contribution in [1.29, 1.82) is 0 Å². The van der Waals surface area contributed by atoms with Gasteiger partial charge in [0.1, 0.15) is 0 Å². The number of hydrogen-bond donors (Lipinski definition) is 1. The molecular weight excluding hydrogens is 190 g/mol. The molecule has 3 heteroatoms. The van der Waals surface area contributed by atoms with E-state index in [2.05, 4.69) is 4.98 Å². The number of carbonyl (C=O) groups is 1. The summed E-state index contributed by atoms with van der Waals surface area (Å²) in [6.07, 6.45) is 0.549. The van der Waals surface area contributed by atoms with Crippen LogP contribution in [0.2, 0.25) is 0 Å². The van der Waals surface area contributed by atoms with Gasteiger partial charge in [-0.15, -0.1) is 0 Å². The standard InChI is InChI=1S/C12H9NO2/c14-8-10-6-7-11(13-12(10)15)9-4-2-1-3-5-9/h1-8H,(H,13,15). The quantitative estimate of drug-likeness (QED) is 0.750. The Kier molecular flexibility index (Phi) is 2.46. The van der Waals surface area contributed by atoms with Crippen LogP contribution in [0.3, 0.4) is 0 Å². The number of pyridine rings is 1. The molecule has 1 aromatic carbocycles. The lowest BCUT2D eigenvalue weighted by atomic mass is 10.1. The largest absolute Gasteiger partial charge is 0.321 e. The minimum absolute atomic E-state index is 0.148. The average molecular weight is 199 g/mol. The van der Waals surface area contributed by atoms with Crippen molar-refractivity contribution in [2.24, 2.45) is 0 Å². The van der Waals surface area contributed by atoms with Crippen LogP contribution < -0.4 is 5.56 Å². The molecule has 0 aliphatic rings. The minimum Gasteiger partial charge on any atom is -0.321 e. The number of aromatic nitrogens is 1. The van der Waals surface area contributed by atoms with E-state index in [-0.39, 0.29) is 11.1 Å². The van der Waals surface area contributed by atoms with E-state index in [4.69, 9.17) is 0 Å². The van der Waals surface area contributed by atoms with Crippen molar-refractivity contribution in [2.45, 2.75) is 0 Å². The molecule has 0 aliphatic carbocycles. The third kappa shape index (κ3) is 1.86. The molecule has 1 N–H and O–H groups in total. The fourth-order valence-corrected chi connectivity index (χ4v) is 1.36. The number of carbonyl (C=O) groups excluding carboxylic acids is 1. The third-order valence-corrected chi connectivity index (χ3v) is 2.15. The topological polar surface area (TPSA) is 49.9 Å². The molecule has 2 aromatic rings. The fourth-order valence-electron chi connectivity index (χ4n) is 1.36. The molecule has 1 aromatic heterocycles. The molecule has 0 spiro atoms. The number of rotatable bonds is 2. The summed E-state index contributed by atoms with van der Waals surface area (Å²) in [5, 5.41) is 0. The highest BCUT2D eigenvalue weighted by molar-refractivity contribution is 5.75. The van der Waals surface area contributed by atoms with Crippen LogP contribution in [0.25, 0.3) is 11.3 Å². The van der Waals surface area contributed by atoms with E-state index < -0.39 is 0 Å². The van der Waals surface area contributed by atoms with Crippen LogP contribution in [0.15, 0.2) is 47.3 Å². The molecule has 2 rings (SSSR count). The van der Waals surface area contributed by atoms with Crippen molar-refractivity contribution in [3.8, 4) is 11.3 Å². The maximum absolute atomic E-state index is 11.4. The van der Waals surface area contributed by atoms with E-state index in [0.29, 0.717) is 12.0 Å². The molecule has 0 aliphatic heterocycles. The third-order valence-electron chi connectivity index (χ3n) is 2.15. The molecule has 15 heavy (non-hydrogen) atoms. The zero-order chi connectivity index (χ0) is 10.7. The summed E-state index contributed by atoms with van der Waals surface area (Å²) in [5.74, 6) is 0. The summed E-state index contributed by atoms with van der Waals surface area (Å²) in [5.41, 5.74) is 1.43. The lowest BCUT2D eigenvalue weighted by Crippen LogP contribution is -2.11. The maximum Gasteiger partial charge on any atom is 0.258 e.